The molecular formula is C18H13ClN2O4S2. The van der Waals surface area contributed by atoms with Crippen LogP contribution in [-0.4, -0.2) is 13.3 Å². The number of rotatable bonds is 6. The van der Waals surface area contributed by atoms with Crippen LogP contribution in [-0.2, 0) is 10.0 Å². The third-order valence-corrected chi connectivity index (χ3v) is 6.21. The Morgan fingerprint density at radius 2 is 1.67 bits per heavy atom. The first-order chi connectivity index (χ1) is 12.8. The molecule has 0 saturated carbocycles. The molecule has 138 valence electrons. The molecule has 0 radical (unpaired) electrons. The number of hydrogen-bond donors (Lipinski definition) is 1. The molecule has 0 fully saturated rings. The average Bonchev–Trinajstić information content (AvgIpc) is 2.65. The largest absolute Gasteiger partial charge is 0.278 e. The number of nitro benzene ring substituents is 1. The van der Waals surface area contributed by atoms with Crippen molar-refractivity contribution in [2.75, 3.05) is 4.72 Å². The molecule has 9 heteroatoms. The number of para-hydroxylation sites is 1. The van der Waals surface area contributed by atoms with Crippen molar-refractivity contribution in [2.45, 2.75) is 14.7 Å². The van der Waals surface area contributed by atoms with Gasteiger partial charge >= 0.3 is 0 Å². The van der Waals surface area contributed by atoms with E-state index in [9.17, 15) is 18.5 Å². The van der Waals surface area contributed by atoms with Crippen LogP contribution in [0.5, 0.6) is 0 Å². The van der Waals surface area contributed by atoms with Crippen molar-refractivity contribution in [2.24, 2.45) is 0 Å². The maximum atomic E-state index is 12.7. The molecular weight excluding hydrogens is 408 g/mol. The fourth-order valence-electron chi connectivity index (χ4n) is 2.24. The molecule has 0 amide bonds. The summed E-state index contributed by atoms with van der Waals surface area (Å²) in [5.41, 5.74) is 0.0886. The monoisotopic (exact) mass is 420 g/mol. The van der Waals surface area contributed by atoms with Crippen molar-refractivity contribution in [3.63, 3.8) is 0 Å². The zero-order chi connectivity index (χ0) is 19.4. The fourth-order valence-corrected chi connectivity index (χ4v) is 4.45. The molecule has 0 aliphatic carbocycles. The van der Waals surface area contributed by atoms with Gasteiger partial charge in [-0.2, -0.15) is 0 Å². The third kappa shape index (κ3) is 4.79. The van der Waals surface area contributed by atoms with Gasteiger partial charge in [0.1, 0.15) is 0 Å². The van der Waals surface area contributed by atoms with Crippen molar-refractivity contribution >= 4 is 44.8 Å². The SMILES string of the molecule is O=[N+]([O-])c1cccc(S(=O)(=O)Nc2ccccc2Sc2ccc(Cl)cc2)c1. The first kappa shape index (κ1) is 19.2. The van der Waals surface area contributed by atoms with E-state index in [-0.39, 0.29) is 10.6 Å². The maximum absolute atomic E-state index is 12.7. The summed E-state index contributed by atoms with van der Waals surface area (Å²) in [5, 5.41) is 11.5. The number of nitro groups is 1. The minimum absolute atomic E-state index is 0.178. The average molecular weight is 421 g/mol. The van der Waals surface area contributed by atoms with Gasteiger partial charge in [-0.25, -0.2) is 8.42 Å². The molecule has 27 heavy (non-hydrogen) atoms. The zero-order valence-corrected chi connectivity index (χ0v) is 16.1. The van der Waals surface area contributed by atoms with Crippen molar-refractivity contribution in [1.82, 2.24) is 0 Å². The van der Waals surface area contributed by atoms with Gasteiger partial charge in [0.15, 0.2) is 0 Å². The van der Waals surface area contributed by atoms with E-state index in [1.54, 1.807) is 36.4 Å². The van der Waals surface area contributed by atoms with Crippen LogP contribution >= 0.6 is 23.4 Å². The van der Waals surface area contributed by atoms with E-state index in [1.807, 2.05) is 12.1 Å². The molecule has 0 aliphatic rings. The van der Waals surface area contributed by atoms with E-state index >= 15 is 0 Å². The van der Waals surface area contributed by atoms with Crippen molar-refractivity contribution in [3.8, 4) is 0 Å². The Hall–Kier alpha value is -2.55. The summed E-state index contributed by atoms with van der Waals surface area (Å²) in [6.45, 7) is 0. The van der Waals surface area contributed by atoms with Crippen LogP contribution in [0.2, 0.25) is 5.02 Å². The minimum atomic E-state index is -3.98. The summed E-state index contributed by atoms with van der Waals surface area (Å²) in [6.07, 6.45) is 0. The first-order valence-corrected chi connectivity index (χ1v) is 10.3. The quantitative estimate of drug-likeness (QED) is 0.437. The number of halogens is 1. The summed E-state index contributed by atoms with van der Waals surface area (Å²) < 4.78 is 27.8. The standard InChI is InChI=1S/C18H13ClN2O4S2/c19-13-8-10-15(11-9-13)26-18-7-2-1-6-17(18)20-27(24,25)16-5-3-4-14(12-16)21(22)23/h1-12,20H. The van der Waals surface area contributed by atoms with Gasteiger partial charge in [0.2, 0.25) is 0 Å². The van der Waals surface area contributed by atoms with E-state index in [1.165, 1.54) is 30.0 Å². The van der Waals surface area contributed by atoms with Gasteiger partial charge in [-0.05, 0) is 42.5 Å². The van der Waals surface area contributed by atoms with Crippen LogP contribution in [0.15, 0.2) is 87.5 Å². The fraction of sp³-hybridized carbons (Fsp3) is 0. The Kier molecular flexibility index (Phi) is 5.69. The van der Waals surface area contributed by atoms with Crippen LogP contribution in [0.3, 0.4) is 0 Å². The lowest BCUT2D eigenvalue weighted by Crippen LogP contribution is -2.13. The predicted octanol–water partition coefficient (Wildman–Crippen LogP) is 5.20. The highest BCUT2D eigenvalue weighted by Gasteiger charge is 2.19. The molecule has 3 aromatic rings. The highest BCUT2D eigenvalue weighted by molar-refractivity contribution is 7.99. The predicted molar refractivity (Wildman–Crippen MR) is 106 cm³/mol. The topological polar surface area (TPSA) is 89.3 Å². The Bertz CT molecular complexity index is 1090. The van der Waals surface area contributed by atoms with E-state index in [0.717, 1.165) is 11.0 Å². The summed E-state index contributed by atoms with van der Waals surface area (Å²) in [5.74, 6) is 0. The third-order valence-electron chi connectivity index (χ3n) is 3.51. The second-order valence-electron chi connectivity index (χ2n) is 5.41. The molecule has 6 nitrogen and oxygen atoms in total. The van der Waals surface area contributed by atoms with Crippen LogP contribution in [0.4, 0.5) is 11.4 Å². The summed E-state index contributed by atoms with van der Waals surface area (Å²) in [6, 6.07) is 19.0. The Labute approximate surface area is 165 Å². The molecule has 0 unspecified atom stereocenters. The summed E-state index contributed by atoms with van der Waals surface area (Å²) >= 11 is 7.26. The Morgan fingerprint density at radius 1 is 0.963 bits per heavy atom. The number of hydrogen-bond acceptors (Lipinski definition) is 5. The second-order valence-corrected chi connectivity index (χ2v) is 8.65. The summed E-state index contributed by atoms with van der Waals surface area (Å²) in [7, 11) is -3.98. The molecule has 0 aromatic heterocycles. The minimum Gasteiger partial charge on any atom is -0.278 e. The van der Waals surface area contributed by atoms with Gasteiger partial charge in [0.05, 0.1) is 15.5 Å². The van der Waals surface area contributed by atoms with Crippen molar-refractivity contribution < 1.29 is 13.3 Å². The number of sulfonamides is 1. The lowest BCUT2D eigenvalue weighted by Gasteiger charge is -2.12. The van der Waals surface area contributed by atoms with E-state index in [0.29, 0.717) is 15.6 Å². The van der Waals surface area contributed by atoms with Crippen LogP contribution in [0.1, 0.15) is 0 Å². The zero-order valence-electron chi connectivity index (χ0n) is 13.7. The molecule has 0 heterocycles. The molecule has 3 aromatic carbocycles. The number of benzene rings is 3. The van der Waals surface area contributed by atoms with Crippen LogP contribution in [0, 0.1) is 10.1 Å². The molecule has 3 rings (SSSR count). The Balaban J connectivity index is 1.90. The molecule has 0 bridgehead atoms. The lowest BCUT2D eigenvalue weighted by molar-refractivity contribution is -0.385. The normalized spacial score (nSPS) is 11.1. The van der Waals surface area contributed by atoms with Crippen molar-refractivity contribution in [3.05, 3.63) is 87.9 Å². The molecule has 0 spiro atoms. The molecule has 0 saturated heterocycles. The number of nitrogens with one attached hydrogen (secondary N) is 1. The first-order valence-electron chi connectivity index (χ1n) is 7.65. The number of nitrogens with zero attached hydrogens (tertiary/aromatic N) is 1. The highest BCUT2D eigenvalue weighted by Crippen LogP contribution is 2.35. The van der Waals surface area contributed by atoms with E-state index < -0.39 is 14.9 Å². The Morgan fingerprint density at radius 3 is 2.37 bits per heavy atom. The summed E-state index contributed by atoms with van der Waals surface area (Å²) in [4.78, 5) is 11.7. The smallest absolute Gasteiger partial charge is 0.270 e. The maximum Gasteiger partial charge on any atom is 0.270 e. The molecule has 0 atom stereocenters. The van der Waals surface area contributed by atoms with Gasteiger partial charge in [-0.1, -0.05) is 41.6 Å². The van der Waals surface area contributed by atoms with Gasteiger partial charge in [-0.3, -0.25) is 14.8 Å². The molecule has 1 N–H and O–H groups in total. The van der Waals surface area contributed by atoms with Gasteiger partial charge in [0.25, 0.3) is 15.7 Å². The molecule has 0 aliphatic heterocycles. The van der Waals surface area contributed by atoms with Crippen LogP contribution in [0.25, 0.3) is 0 Å². The van der Waals surface area contributed by atoms with E-state index in [4.69, 9.17) is 11.6 Å². The van der Waals surface area contributed by atoms with Gasteiger partial charge < -0.3 is 0 Å². The van der Waals surface area contributed by atoms with E-state index in [2.05, 4.69) is 4.72 Å². The number of non-ortho nitro benzene ring substituents is 1. The van der Waals surface area contributed by atoms with Crippen molar-refractivity contribution in [1.29, 1.82) is 0 Å². The lowest BCUT2D eigenvalue weighted by atomic mass is 10.3. The highest BCUT2D eigenvalue weighted by atomic mass is 35.5. The van der Waals surface area contributed by atoms with Gasteiger partial charge in [-0.15, -0.1) is 0 Å². The van der Waals surface area contributed by atoms with Gasteiger partial charge in [0, 0.05) is 26.9 Å². The number of anilines is 1. The second kappa shape index (κ2) is 7.99. The van der Waals surface area contributed by atoms with Crippen LogP contribution < -0.4 is 4.72 Å².